The van der Waals surface area contributed by atoms with Crippen molar-refractivity contribution in [2.45, 2.75) is 56.9 Å². The molecule has 0 bridgehead atoms. The molecule has 0 atom stereocenters. The summed E-state index contributed by atoms with van der Waals surface area (Å²) in [6.45, 7) is 4.50. The number of piperidine rings is 2. The summed E-state index contributed by atoms with van der Waals surface area (Å²) in [4.78, 5) is 31.3. The zero-order chi connectivity index (χ0) is 27.6. The molecule has 3 aromatic carbocycles. The summed E-state index contributed by atoms with van der Waals surface area (Å²) in [6.07, 6.45) is 9.92. The molecule has 0 spiro atoms. The number of rotatable bonds is 10. The van der Waals surface area contributed by atoms with Crippen LogP contribution < -0.4 is 0 Å². The van der Waals surface area contributed by atoms with Crippen molar-refractivity contribution in [2.75, 3.05) is 26.2 Å². The molecule has 0 N–H and O–H groups in total. The smallest absolute Gasteiger partial charge is 0.222 e. The fourth-order valence-electron chi connectivity index (χ4n) is 6.38. The van der Waals surface area contributed by atoms with Crippen LogP contribution in [-0.2, 0) is 28.0 Å². The number of hydrogen-bond acceptors (Lipinski definition) is 3. The van der Waals surface area contributed by atoms with Crippen molar-refractivity contribution in [1.29, 1.82) is 0 Å². The number of aryl methyl sites for hydroxylation is 1. The number of hydrogen-bond donors (Lipinski definition) is 0. The molecule has 2 aliphatic rings. The quantitative estimate of drug-likeness (QED) is 0.275. The van der Waals surface area contributed by atoms with Gasteiger partial charge in [0.1, 0.15) is 0 Å². The van der Waals surface area contributed by atoms with Crippen LogP contribution >= 0.6 is 0 Å². The second-order valence-corrected chi connectivity index (χ2v) is 11.5. The molecule has 2 saturated heterocycles. The maximum Gasteiger partial charge on any atom is 0.222 e. The molecule has 208 valence electrons. The molecule has 3 aromatic rings. The summed E-state index contributed by atoms with van der Waals surface area (Å²) < 4.78 is 0. The molecular formula is C36H42N2O2. The minimum absolute atomic E-state index is 0.187. The fraction of sp³-hybridized carbons (Fsp3) is 0.389. The number of benzene rings is 3. The fourth-order valence-corrected chi connectivity index (χ4v) is 6.38. The van der Waals surface area contributed by atoms with Gasteiger partial charge in [-0.25, -0.2) is 0 Å². The highest BCUT2D eigenvalue weighted by Gasteiger charge is 2.42. The van der Waals surface area contributed by atoms with Crippen LogP contribution in [0.2, 0.25) is 0 Å². The third-order valence-electron chi connectivity index (χ3n) is 8.93. The second kappa shape index (κ2) is 13.7. The van der Waals surface area contributed by atoms with E-state index in [9.17, 15) is 9.59 Å². The average Bonchev–Trinajstić information content (AvgIpc) is 3.02. The molecule has 0 unspecified atom stereocenters. The molecule has 2 aliphatic heterocycles. The first-order valence-electron chi connectivity index (χ1n) is 15.0. The van der Waals surface area contributed by atoms with Crippen molar-refractivity contribution in [1.82, 2.24) is 9.80 Å². The lowest BCUT2D eigenvalue weighted by Crippen LogP contribution is -2.48. The van der Waals surface area contributed by atoms with Crippen LogP contribution in [0.15, 0.2) is 103 Å². The Balaban J connectivity index is 1.15. The van der Waals surface area contributed by atoms with Gasteiger partial charge in [-0.1, -0.05) is 97.1 Å². The average molecular weight is 535 g/mol. The van der Waals surface area contributed by atoms with Gasteiger partial charge in [-0.2, -0.15) is 0 Å². The zero-order valence-electron chi connectivity index (χ0n) is 23.6. The van der Waals surface area contributed by atoms with Crippen LogP contribution in [0.3, 0.4) is 0 Å². The molecule has 0 radical (unpaired) electrons. The summed E-state index contributed by atoms with van der Waals surface area (Å²) in [6, 6.07) is 31.1. The van der Waals surface area contributed by atoms with E-state index in [0.717, 1.165) is 38.0 Å². The van der Waals surface area contributed by atoms with Gasteiger partial charge in [0.15, 0.2) is 5.78 Å². The van der Waals surface area contributed by atoms with E-state index < -0.39 is 5.41 Å². The highest BCUT2D eigenvalue weighted by Crippen LogP contribution is 2.37. The van der Waals surface area contributed by atoms with Gasteiger partial charge >= 0.3 is 0 Å². The Morgan fingerprint density at radius 1 is 0.750 bits per heavy atom. The Kier molecular flexibility index (Phi) is 9.62. The highest BCUT2D eigenvalue weighted by atomic mass is 16.2. The Bertz CT molecular complexity index is 1240. The Morgan fingerprint density at radius 3 is 1.95 bits per heavy atom. The lowest BCUT2D eigenvalue weighted by Gasteiger charge is -2.41. The SMILES string of the molecule is O=C(CCc1ccccc1)N1CCC(C(=O)/C=C/CC2CCN(Cc3ccccc3)CC2)(c2ccccc2)CC1. The summed E-state index contributed by atoms with van der Waals surface area (Å²) in [5.41, 5.74) is 3.10. The predicted octanol–water partition coefficient (Wildman–Crippen LogP) is 6.61. The van der Waals surface area contributed by atoms with E-state index in [4.69, 9.17) is 0 Å². The van der Waals surface area contributed by atoms with Crippen LogP contribution in [0.5, 0.6) is 0 Å². The highest BCUT2D eigenvalue weighted by molar-refractivity contribution is 5.99. The van der Waals surface area contributed by atoms with Crippen LogP contribution in [0.4, 0.5) is 0 Å². The van der Waals surface area contributed by atoms with E-state index in [1.54, 1.807) is 0 Å². The van der Waals surface area contributed by atoms with E-state index >= 15 is 0 Å². The van der Waals surface area contributed by atoms with Gasteiger partial charge < -0.3 is 4.90 Å². The monoisotopic (exact) mass is 534 g/mol. The molecule has 2 fully saturated rings. The topological polar surface area (TPSA) is 40.6 Å². The van der Waals surface area contributed by atoms with E-state index in [-0.39, 0.29) is 11.7 Å². The lowest BCUT2D eigenvalue weighted by molar-refractivity contribution is -0.135. The van der Waals surface area contributed by atoms with E-state index in [0.29, 0.717) is 38.3 Å². The Hall–Kier alpha value is -3.50. The number of likely N-dealkylation sites (tertiary alicyclic amines) is 2. The molecular weight excluding hydrogens is 492 g/mol. The van der Waals surface area contributed by atoms with Crippen molar-refractivity contribution >= 4 is 11.7 Å². The third kappa shape index (κ3) is 7.17. The molecule has 0 aliphatic carbocycles. The molecule has 5 rings (SSSR count). The number of carbonyl (C=O) groups excluding carboxylic acids is 2. The summed E-state index contributed by atoms with van der Waals surface area (Å²) in [5, 5.41) is 0. The van der Waals surface area contributed by atoms with Crippen molar-refractivity contribution in [3.05, 3.63) is 120 Å². The van der Waals surface area contributed by atoms with Crippen LogP contribution in [0.1, 0.15) is 55.2 Å². The molecule has 4 nitrogen and oxygen atoms in total. The third-order valence-corrected chi connectivity index (χ3v) is 8.93. The van der Waals surface area contributed by atoms with Crippen LogP contribution in [0, 0.1) is 5.92 Å². The molecule has 4 heteroatoms. The standard InChI is InChI=1S/C36H42N2O2/c39-34(18-10-15-31-21-25-37(26-22-31)29-32-13-6-2-7-14-32)36(33-16-8-3-9-17-33)23-27-38(28-24-36)35(40)20-19-30-11-4-1-5-12-30/h1-14,16-18,31H,15,19-29H2/b18-10+. The molecule has 0 saturated carbocycles. The number of allylic oxidation sites excluding steroid dienone is 2. The largest absolute Gasteiger partial charge is 0.343 e. The lowest BCUT2D eigenvalue weighted by atomic mass is 9.69. The number of ketones is 1. The van der Waals surface area contributed by atoms with E-state index in [1.807, 2.05) is 47.4 Å². The first kappa shape index (κ1) is 28.0. The summed E-state index contributed by atoms with van der Waals surface area (Å²) in [5.74, 6) is 1.01. The maximum absolute atomic E-state index is 13.8. The summed E-state index contributed by atoms with van der Waals surface area (Å²) >= 11 is 0. The first-order chi connectivity index (χ1) is 19.6. The summed E-state index contributed by atoms with van der Waals surface area (Å²) in [7, 11) is 0. The van der Waals surface area contributed by atoms with Crippen molar-refractivity contribution < 1.29 is 9.59 Å². The number of carbonyl (C=O) groups is 2. The van der Waals surface area contributed by atoms with E-state index in [2.05, 4.69) is 65.6 Å². The van der Waals surface area contributed by atoms with Crippen LogP contribution in [0.25, 0.3) is 0 Å². The second-order valence-electron chi connectivity index (χ2n) is 11.5. The van der Waals surface area contributed by atoms with Crippen molar-refractivity contribution in [3.8, 4) is 0 Å². The van der Waals surface area contributed by atoms with Gasteiger partial charge in [-0.3, -0.25) is 14.5 Å². The van der Waals surface area contributed by atoms with E-state index in [1.165, 1.54) is 24.0 Å². The zero-order valence-corrected chi connectivity index (χ0v) is 23.6. The van der Waals surface area contributed by atoms with Gasteiger partial charge in [0.05, 0.1) is 5.41 Å². The Morgan fingerprint density at radius 2 is 1.32 bits per heavy atom. The normalized spacial score (nSPS) is 18.1. The van der Waals surface area contributed by atoms with Gasteiger partial charge in [0.25, 0.3) is 0 Å². The molecule has 0 aromatic heterocycles. The first-order valence-corrected chi connectivity index (χ1v) is 15.0. The number of nitrogens with zero attached hydrogens (tertiary/aromatic N) is 2. The van der Waals surface area contributed by atoms with Crippen molar-refractivity contribution in [2.24, 2.45) is 5.92 Å². The number of amides is 1. The minimum Gasteiger partial charge on any atom is -0.343 e. The van der Waals surface area contributed by atoms with Gasteiger partial charge in [-0.15, -0.1) is 0 Å². The van der Waals surface area contributed by atoms with Gasteiger partial charge in [-0.05, 0) is 80.3 Å². The van der Waals surface area contributed by atoms with Crippen LogP contribution in [-0.4, -0.2) is 47.7 Å². The molecule has 1 amide bonds. The predicted molar refractivity (Wildman–Crippen MR) is 162 cm³/mol. The van der Waals surface area contributed by atoms with Gasteiger partial charge in [0.2, 0.25) is 5.91 Å². The minimum atomic E-state index is -0.549. The van der Waals surface area contributed by atoms with Gasteiger partial charge in [0, 0.05) is 26.1 Å². The molecule has 40 heavy (non-hydrogen) atoms. The molecule has 2 heterocycles. The maximum atomic E-state index is 13.8. The Labute approximate surface area is 239 Å². The van der Waals surface area contributed by atoms with Crippen molar-refractivity contribution in [3.63, 3.8) is 0 Å².